The minimum absolute atomic E-state index is 0.0544. The molecule has 112 valence electrons. The van der Waals surface area contributed by atoms with E-state index in [1.807, 2.05) is 0 Å². The van der Waals surface area contributed by atoms with Crippen molar-refractivity contribution < 1.29 is 8.42 Å². The summed E-state index contributed by atoms with van der Waals surface area (Å²) in [5, 5.41) is 12.6. The van der Waals surface area contributed by atoms with Crippen LogP contribution in [0.3, 0.4) is 0 Å². The zero-order valence-corrected chi connectivity index (χ0v) is 13.5. The number of nitrogens with zero attached hydrogens (tertiary/aromatic N) is 1. The largest absolute Gasteiger partial charge is 0.360 e. The van der Waals surface area contributed by atoms with Crippen LogP contribution in [0.2, 0.25) is 10.0 Å². The molecule has 0 fully saturated rings. The summed E-state index contributed by atoms with van der Waals surface area (Å²) < 4.78 is 24.7. The molecule has 0 radical (unpaired) electrons. The average Bonchev–Trinajstić information content (AvgIpc) is 2.52. The molecule has 0 saturated carbocycles. The Morgan fingerprint density at radius 1 is 1.09 bits per heavy atom. The minimum atomic E-state index is -3.86. The van der Waals surface area contributed by atoms with E-state index < -0.39 is 14.7 Å². The number of anilines is 1. The molecule has 0 atom stereocenters. The summed E-state index contributed by atoms with van der Waals surface area (Å²) in [4.78, 5) is -0.344. The van der Waals surface area contributed by atoms with E-state index in [9.17, 15) is 8.42 Å². The second-order valence-electron chi connectivity index (χ2n) is 4.21. The molecule has 2 rings (SSSR count). The van der Waals surface area contributed by atoms with Crippen molar-refractivity contribution in [1.29, 1.82) is 5.26 Å². The van der Waals surface area contributed by atoms with Gasteiger partial charge in [0.25, 0.3) is 0 Å². The van der Waals surface area contributed by atoms with Crippen molar-refractivity contribution >= 4 is 38.7 Å². The van der Waals surface area contributed by atoms with Crippen LogP contribution in [0.15, 0.2) is 64.5 Å². The van der Waals surface area contributed by atoms with Gasteiger partial charge in [0.05, 0.1) is 14.9 Å². The van der Waals surface area contributed by atoms with Gasteiger partial charge < -0.3 is 5.32 Å². The molecular weight excluding hydrogens is 343 g/mol. The highest BCUT2D eigenvalue weighted by molar-refractivity contribution is 7.95. The van der Waals surface area contributed by atoms with Gasteiger partial charge in [-0.3, -0.25) is 0 Å². The van der Waals surface area contributed by atoms with Crippen LogP contribution in [0.25, 0.3) is 0 Å². The summed E-state index contributed by atoms with van der Waals surface area (Å²) in [5.41, 5.74) is 0.519. The van der Waals surface area contributed by atoms with Gasteiger partial charge in [-0.2, -0.15) is 5.26 Å². The van der Waals surface area contributed by atoms with Crippen molar-refractivity contribution in [3.8, 4) is 6.07 Å². The number of rotatable bonds is 4. The molecule has 0 aliphatic carbocycles. The summed E-state index contributed by atoms with van der Waals surface area (Å²) in [6, 6.07) is 14.1. The molecule has 0 amide bonds. The van der Waals surface area contributed by atoms with Gasteiger partial charge in [0.2, 0.25) is 9.84 Å². The lowest BCUT2D eigenvalue weighted by molar-refractivity contribution is 0.603. The Hall–Kier alpha value is -2.00. The first-order chi connectivity index (χ1) is 10.4. The van der Waals surface area contributed by atoms with E-state index in [0.29, 0.717) is 15.7 Å². The normalized spacial score (nSPS) is 11.8. The molecule has 7 heteroatoms. The molecule has 2 aromatic carbocycles. The van der Waals surface area contributed by atoms with Crippen LogP contribution in [0.1, 0.15) is 0 Å². The summed E-state index contributed by atoms with van der Waals surface area (Å²) in [7, 11) is -3.86. The van der Waals surface area contributed by atoms with Crippen LogP contribution >= 0.6 is 23.2 Å². The first-order valence-electron chi connectivity index (χ1n) is 6.07. The summed E-state index contributed by atoms with van der Waals surface area (Å²) in [6.07, 6.45) is 1.13. The number of sulfone groups is 1. The monoisotopic (exact) mass is 352 g/mol. The zero-order chi connectivity index (χ0) is 16.2. The molecular formula is C15H10Cl2N2O2S. The topological polar surface area (TPSA) is 70.0 Å². The fourth-order valence-electron chi connectivity index (χ4n) is 1.63. The number of nitriles is 1. The van der Waals surface area contributed by atoms with Crippen LogP contribution in [0.4, 0.5) is 5.69 Å². The van der Waals surface area contributed by atoms with Crippen molar-refractivity contribution in [2.45, 2.75) is 4.90 Å². The third-order valence-electron chi connectivity index (χ3n) is 2.74. The molecule has 2 aromatic rings. The smallest absolute Gasteiger partial charge is 0.218 e. The fourth-order valence-corrected chi connectivity index (χ4v) is 3.03. The fraction of sp³-hybridized carbons (Fsp3) is 0. The number of hydrogen-bond acceptors (Lipinski definition) is 4. The summed E-state index contributed by atoms with van der Waals surface area (Å²) >= 11 is 11.7. The Balaban J connectivity index is 2.32. The second kappa shape index (κ2) is 6.84. The SMILES string of the molecule is N#C/C(=C\Nc1ccc(Cl)c(Cl)c1)S(=O)(=O)c1ccccc1. The Bertz CT molecular complexity index is 857. The van der Waals surface area contributed by atoms with E-state index in [4.69, 9.17) is 28.5 Å². The van der Waals surface area contributed by atoms with Gasteiger partial charge in [-0.25, -0.2) is 8.42 Å². The molecule has 1 N–H and O–H groups in total. The van der Waals surface area contributed by atoms with E-state index >= 15 is 0 Å². The Labute approximate surface area is 138 Å². The molecule has 0 aromatic heterocycles. The molecule has 0 aliphatic rings. The maximum absolute atomic E-state index is 12.3. The van der Waals surface area contributed by atoms with Crippen LogP contribution in [0, 0.1) is 11.3 Å². The lowest BCUT2D eigenvalue weighted by Crippen LogP contribution is -2.05. The van der Waals surface area contributed by atoms with Gasteiger partial charge in [0.15, 0.2) is 4.91 Å². The Kier molecular flexibility index (Phi) is 5.09. The van der Waals surface area contributed by atoms with E-state index in [1.54, 1.807) is 36.4 Å². The summed E-state index contributed by atoms with van der Waals surface area (Å²) in [6.45, 7) is 0. The molecule has 0 saturated heterocycles. The molecule has 0 heterocycles. The predicted octanol–water partition coefficient (Wildman–Crippen LogP) is 4.24. The van der Waals surface area contributed by atoms with Gasteiger partial charge in [0, 0.05) is 11.9 Å². The predicted molar refractivity (Wildman–Crippen MR) is 87.4 cm³/mol. The zero-order valence-electron chi connectivity index (χ0n) is 11.1. The Morgan fingerprint density at radius 3 is 2.36 bits per heavy atom. The van der Waals surface area contributed by atoms with Crippen molar-refractivity contribution in [3.05, 3.63) is 69.7 Å². The molecule has 0 aliphatic heterocycles. The number of benzene rings is 2. The quantitative estimate of drug-likeness (QED) is 0.835. The molecule has 0 spiro atoms. The van der Waals surface area contributed by atoms with E-state index in [2.05, 4.69) is 5.32 Å². The van der Waals surface area contributed by atoms with Crippen molar-refractivity contribution in [1.82, 2.24) is 0 Å². The average molecular weight is 353 g/mol. The highest BCUT2D eigenvalue weighted by Crippen LogP contribution is 2.25. The molecule has 4 nitrogen and oxygen atoms in total. The first kappa shape index (κ1) is 16.4. The van der Waals surface area contributed by atoms with Gasteiger partial charge in [0.1, 0.15) is 6.07 Å². The highest BCUT2D eigenvalue weighted by Gasteiger charge is 2.20. The highest BCUT2D eigenvalue weighted by atomic mass is 35.5. The standard InChI is InChI=1S/C15H10Cl2N2O2S/c16-14-7-6-11(8-15(14)17)19-10-13(9-18)22(20,21)12-4-2-1-3-5-12/h1-8,10,19H/b13-10+. The first-order valence-corrected chi connectivity index (χ1v) is 8.31. The second-order valence-corrected chi connectivity index (χ2v) is 6.94. The van der Waals surface area contributed by atoms with E-state index in [1.165, 1.54) is 18.2 Å². The van der Waals surface area contributed by atoms with Crippen LogP contribution in [0.5, 0.6) is 0 Å². The van der Waals surface area contributed by atoms with Crippen LogP contribution in [-0.4, -0.2) is 8.42 Å². The minimum Gasteiger partial charge on any atom is -0.360 e. The maximum atomic E-state index is 12.3. The van der Waals surface area contributed by atoms with Crippen LogP contribution in [-0.2, 0) is 9.84 Å². The number of halogens is 2. The van der Waals surface area contributed by atoms with Crippen molar-refractivity contribution in [2.75, 3.05) is 5.32 Å². The van der Waals surface area contributed by atoms with Gasteiger partial charge >= 0.3 is 0 Å². The van der Waals surface area contributed by atoms with Crippen molar-refractivity contribution in [3.63, 3.8) is 0 Å². The van der Waals surface area contributed by atoms with E-state index in [0.717, 1.165) is 6.20 Å². The number of hydrogen-bond donors (Lipinski definition) is 1. The summed E-state index contributed by atoms with van der Waals surface area (Å²) in [5.74, 6) is 0. The van der Waals surface area contributed by atoms with Crippen molar-refractivity contribution in [2.24, 2.45) is 0 Å². The lowest BCUT2D eigenvalue weighted by atomic mass is 10.3. The van der Waals surface area contributed by atoms with Crippen LogP contribution < -0.4 is 5.32 Å². The molecule has 0 unspecified atom stereocenters. The molecule has 22 heavy (non-hydrogen) atoms. The third-order valence-corrected chi connectivity index (χ3v) is 5.16. The van der Waals surface area contributed by atoms with Gasteiger partial charge in [-0.15, -0.1) is 0 Å². The molecule has 0 bridgehead atoms. The van der Waals surface area contributed by atoms with Gasteiger partial charge in [-0.1, -0.05) is 41.4 Å². The number of allylic oxidation sites excluding steroid dienone is 1. The van der Waals surface area contributed by atoms with Gasteiger partial charge in [-0.05, 0) is 30.3 Å². The number of nitrogens with one attached hydrogen (secondary N) is 1. The maximum Gasteiger partial charge on any atom is 0.218 e. The third kappa shape index (κ3) is 3.60. The van der Waals surface area contributed by atoms with E-state index in [-0.39, 0.29) is 4.90 Å². The Morgan fingerprint density at radius 2 is 1.77 bits per heavy atom. The lowest BCUT2D eigenvalue weighted by Gasteiger charge is -2.05.